The number of oxazole rings is 1. The molecule has 0 aliphatic rings. The van der Waals surface area contributed by atoms with E-state index >= 15 is 0 Å². The summed E-state index contributed by atoms with van der Waals surface area (Å²) >= 11 is 0. The van der Waals surface area contributed by atoms with E-state index in [-0.39, 0.29) is 12.5 Å². The molecule has 19 heavy (non-hydrogen) atoms. The van der Waals surface area contributed by atoms with Crippen LogP contribution in [0, 0.1) is 6.92 Å². The first kappa shape index (κ1) is 12.9. The van der Waals surface area contributed by atoms with Crippen molar-refractivity contribution in [1.29, 1.82) is 0 Å². The van der Waals surface area contributed by atoms with Gasteiger partial charge in [0.25, 0.3) is 0 Å². The molecule has 1 aromatic carbocycles. The number of benzene rings is 1. The SMILES string of the molecule is Cc1cnc(CNC(=O)/C=C/c2ccc(N)cc2)o1. The Morgan fingerprint density at radius 2 is 2.16 bits per heavy atom. The highest BCUT2D eigenvalue weighted by molar-refractivity contribution is 5.91. The average Bonchev–Trinajstić information content (AvgIpc) is 2.81. The number of nitrogens with zero attached hydrogens (tertiary/aromatic N) is 1. The summed E-state index contributed by atoms with van der Waals surface area (Å²) in [5.41, 5.74) is 7.18. The van der Waals surface area contributed by atoms with Gasteiger partial charge in [-0.25, -0.2) is 4.98 Å². The highest BCUT2D eigenvalue weighted by Crippen LogP contribution is 2.07. The van der Waals surface area contributed by atoms with Gasteiger partial charge in [-0.1, -0.05) is 12.1 Å². The van der Waals surface area contributed by atoms with Crippen molar-refractivity contribution in [3.05, 3.63) is 53.8 Å². The monoisotopic (exact) mass is 257 g/mol. The zero-order valence-corrected chi connectivity index (χ0v) is 10.6. The number of aryl methyl sites for hydroxylation is 1. The zero-order valence-electron chi connectivity index (χ0n) is 10.6. The third-order valence-electron chi connectivity index (χ3n) is 2.45. The minimum absolute atomic E-state index is 0.201. The maximum absolute atomic E-state index is 11.6. The fourth-order valence-corrected chi connectivity index (χ4v) is 1.48. The van der Waals surface area contributed by atoms with Crippen LogP contribution in [0.4, 0.5) is 5.69 Å². The molecule has 3 N–H and O–H groups in total. The quantitative estimate of drug-likeness (QED) is 0.647. The number of carbonyl (C=O) groups excluding carboxylic acids is 1. The smallest absolute Gasteiger partial charge is 0.244 e. The van der Waals surface area contributed by atoms with Crippen molar-refractivity contribution in [3.63, 3.8) is 0 Å². The van der Waals surface area contributed by atoms with Crippen molar-refractivity contribution in [2.75, 3.05) is 5.73 Å². The maximum atomic E-state index is 11.6. The first-order valence-corrected chi connectivity index (χ1v) is 5.86. The van der Waals surface area contributed by atoms with Crippen LogP contribution in [0.15, 0.2) is 41.0 Å². The number of aromatic nitrogens is 1. The van der Waals surface area contributed by atoms with Gasteiger partial charge in [-0.2, -0.15) is 0 Å². The van der Waals surface area contributed by atoms with Crippen LogP contribution < -0.4 is 11.1 Å². The molecule has 0 saturated heterocycles. The van der Waals surface area contributed by atoms with Crippen LogP contribution in [0.5, 0.6) is 0 Å². The van der Waals surface area contributed by atoms with Gasteiger partial charge >= 0.3 is 0 Å². The van der Waals surface area contributed by atoms with Crippen molar-refractivity contribution >= 4 is 17.7 Å². The minimum atomic E-state index is -0.201. The van der Waals surface area contributed by atoms with Crippen molar-refractivity contribution in [1.82, 2.24) is 10.3 Å². The van der Waals surface area contributed by atoms with E-state index in [0.29, 0.717) is 11.6 Å². The highest BCUT2D eigenvalue weighted by atomic mass is 16.4. The van der Waals surface area contributed by atoms with E-state index in [0.717, 1.165) is 11.3 Å². The summed E-state index contributed by atoms with van der Waals surface area (Å²) in [5, 5.41) is 2.69. The Bertz CT molecular complexity index is 585. The average molecular weight is 257 g/mol. The highest BCUT2D eigenvalue weighted by Gasteiger charge is 2.01. The van der Waals surface area contributed by atoms with Crippen LogP contribution in [-0.4, -0.2) is 10.9 Å². The molecular formula is C14H15N3O2. The molecular weight excluding hydrogens is 242 g/mol. The summed E-state index contributed by atoms with van der Waals surface area (Å²) in [7, 11) is 0. The third-order valence-corrected chi connectivity index (χ3v) is 2.45. The number of carbonyl (C=O) groups is 1. The lowest BCUT2D eigenvalue weighted by Gasteiger charge is -1.98. The van der Waals surface area contributed by atoms with Crippen LogP contribution in [0.3, 0.4) is 0 Å². The Hall–Kier alpha value is -2.56. The molecule has 2 aromatic rings. The molecule has 0 unspecified atom stereocenters. The van der Waals surface area contributed by atoms with Crippen LogP contribution in [0.25, 0.3) is 6.08 Å². The standard InChI is InChI=1S/C14H15N3O2/c1-10-8-17-14(19-10)9-16-13(18)7-4-11-2-5-12(15)6-3-11/h2-8H,9,15H2,1H3,(H,16,18)/b7-4+. The Morgan fingerprint density at radius 3 is 2.79 bits per heavy atom. The lowest BCUT2D eigenvalue weighted by atomic mass is 10.2. The first-order chi connectivity index (χ1) is 9.13. The predicted octanol–water partition coefficient (Wildman–Crippen LogP) is 1.89. The van der Waals surface area contributed by atoms with Gasteiger partial charge in [0.2, 0.25) is 11.8 Å². The Labute approximate surface area is 111 Å². The number of nitrogens with one attached hydrogen (secondary N) is 1. The second-order valence-electron chi connectivity index (χ2n) is 4.08. The van der Waals surface area contributed by atoms with Crippen molar-refractivity contribution in [2.24, 2.45) is 0 Å². The number of hydrogen-bond acceptors (Lipinski definition) is 4. The van der Waals surface area contributed by atoms with E-state index in [1.807, 2.05) is 12.1 Å². The van der Waals surface area contributed by atoms with Crippen LogP contribution in [0.2, 0.25) is 0 Å². The molecule has 5 nitrogen and oxygen atoms in total. The van der Waals surface area contributed by atoms with Crippen molar-refractivity contribution < 1.29 is 9.21 Å². The van der Waals surface area contributed by atoms with E-state index in [9.17, 15) is 4.79 Å². The molecule has 98 valence electrons. The van der Waals surface area contributed by atoms with Crippen LogP contribution in [-0.2, 0) is 11.3 Å². The molecule has 0 saturated carbocycles. The van der Waals surface area contributed by atoms with E-state index in [2.05, 4.69) is 10.3 Å². The van der Waals surface area contributed by atoms with Gasteiger partial charge in [0.1, 0.15) is 5.76 Å². The predicted molar refractivity (Wildman–Crippen MR) is 73.0 cm³/mol. The van der Waals surface area contributed by atoms with Crippen LogP contribution >= 0.6 is 0 Å². The number of anilines is 1. The molecule has 5 heteroatoms. The van der Waals surface area contributed by atoms with Crippen LogP contribution in [0.1, 0.15) is 17.2 Å². The molecule has 1 aromatic heterocycles. The van der Waals surface area contributed by atoms with Gasteiger partial charge in [0.15, 0.2) is 0 Å². The second kappa shape index (κ2) is 5.86. The third kappa shape index (κ3) is 3.99. The lowest BCUT2D eigenvalue weighted by molar-refractivity contribution is -0.116. The summed E-state index contributed by atoms with van der Waals surface area (Å²) in [6.07, 6.45) is 4.79. The lowest BCUT2D eigenvalue weighted by Crippen LogP contribution is -2.20. The Morgan fingerprint density at radius 1 is 1.42 bits per heavy atom. The molecule has 0 bridgehead atoms. The van der Waals surface area contributed by atoms with Crippen molar-refractivity contribution in [2.45, 2.75) is 13.5 Å². The molecule has 0 atom stereocenters. The van der Waals surface area contributed by atoms with Gasteiger partial charge in [-0.15, -0.1) is 0 Å². The fraction of sp³-hybridized carbons (Fsp3) is 0.143. The molecule has 0 aliphatic heterocycles. The van der Waals surface area contributed by atoms with E-state index < -0.39 is 0 Å². The molecule has 0 spiro atoms. The summed E-state index contributed by atoms with van der Waals surface area (Å²) in [6, 6.07) is 7.26. The normalized spacial score (nSPS) is 10.8. The molecule has 1 amide bonds. The number of amides is 1. The van der Waals surface area contributed by atoms with E-state index in [4.69, 9.17) is 10.2 Å². The summed E-state index contributed by atoms with van der Waals surface area (Å²) in [4.78, 5) is 15.6. The summed E-state index contributed by atoms with van der Waals surface area (Å²) in [5.74, 6) is 1.01. The maximum Gasteiger partial charge on any atom is 0.244 e. The summed E-state index contributed by atoms with van der Waals surface area (Å²) in [6.45, 7) is 2.08. The molecule has 0 aliphatic carbocycles. The van der Waals surface area contributed by atoms with Gasteiger partial charge in [-0.05, 0) is 30.7 Å². The van der Waals surface area contributed by atoms with Gasteiger partial charge in [0.05, 0.1) is 12.7 Å². The van der Waals surface area contributed by atoms with E-state index in [1.54, 1.807) is 31.3 Å². The van der Waals surface area contributed by atoms with E-state index in [1.165, 1.54) is 6.08 Å². The second-order valence-corrected chi connectivity index (χ2v) is 4.08. The number of nitrogen functional groups attached to an aromatic ring is 1. The minimum Gasteiger partial charge on any atom is -0.444 e. The molecule has 1 heterocycles. The topological polar surface area (TPSA) is 81.2 Å². The number of hydrogen-bond donors (Lipinski definition) is 2. The Kier molecular flexibility index (Phi) is 3.97. The molecule has 2 rings (SSSR count). The van der Waals surface area contributed by atoms with Gasteiger partial charge < -0.3 is 15.5 Å². The zero-order chi connectivity index (χ0) is 13.7. The Balaban J connectivity index is 1.85. The van der Waals surface area contributed by atoms with Gasteiger partial charge in [-0.3, -0.25) is 4.79 Å². The number of nitrogens with two attached hydrogens (primary N) is 1. The summed E-state index contributed by atoms with van der Waals surface area (Å²) < 4.78 is 5.25. The van der Waals surface area contributed by atoms with Crippen molar-refractivity contribution in [3.8, 4) is 0 Å². The largest absolute Gasteiger partial charge is 0.444 e. The number of rotatable bonds is 4. The molecule has 0 radical (unpaired) electrons. The first-order valence-electron chi connectivity index (χ1n) is 5.86. The van der Waals surface area contributed by atoms with Gasteiger partial charge in [0, 0.05) is 11.8 Å². The molecule has 0 fully saturated rings. The fourth-order valence-electron chi connectivity index (χ4n) is 1.48.